The van der Waals surface area contributed by atoms with Gasteiger partial charge in [0.1, 0.15) is 12.9 Å². The molecule has 0 bridgehead atoms. The zero-order chi connectivity index (χ0) is 22.3. The molecule has 0 atom stereocenters. The third-order valence-corrected chi connectivity index (χ3v) is 6.09. The van der Waals surface area contributed by atoms with Crippen LogP contribution in [0.3, 0.4) is 0 Å². The molecular formula is C18H14BrCl2F3N6O. The number of aromatic nitrogens is 5. The number of anilines is 1. The average molecular weight is 538 g/mol. The number of alkyl halides is 3. The quantitative estimate of drug-likeness (QED) is 0.473. The number of carbonyl (C=O) groups excluding carboxylic acids is 1. The molecule has 1 aliphatic carbocycles. The molecule has 2 heterocycles. The van der Waals surface area contributed by atoms with E-state index in [1.165, 1.54) is 11.0 Å². The smallest absolute Gasteiger partial charge is 0.292 e. The molecule has 1 N–H and O–H groups in total. The SMILES string of the molecule is O=C(Cn1nc(C(F)(F)F)c(Br)c1C1CC1)Nc1ncn(Cc2ccc(Cl)c(Cl)c2)n1. The van der Waals surface area contributed by atoms with E-state index >= 15 is 0 Å². The fourth-order valence-electron chi connectivity index (χ4n) is 3.05. The van der Waals surface area contributed by atoms with E-state index in [4.69, 9.17) is 23.2 Å². The third kappa shape index (κ3) is 5.04. The number of rotatable bonds is 6. The number of carbonyl (C=O) groups is 1. The summed E-state index contributed by atoms with van der Waals surface area (Å²) in [6.45, 7) is -0.0471. The van der Waals surface area contributed by atoms with E-state index in [9.17, 15) is 18.0 Å². The van der Waals surface area contributed by atoms with Gasteiger partial charge in [0.15, 0.2) is 5.69 Å². The van der Waals surface area contributed by atoms with Crippen LogP contribution in [0.25, 0.3) is 0 Å². The van der Waals surface area contributed by atoms with Gasteiger partial charge in [0.05, 0.1) is 26.8 Å². The number of hydrogen-bond donors (Lipinski definition) is 1. The Morgan fingerprint density at radius 3 is 2.61 bits per heavy atom. The molecule has 1 amide bonds. The van der Waals surface area contributed by atoms with Crippen LogP contribution in [0.2, 0.25) is 10.0 Å². The topological polar surface area (TPSA) is 77.6 Å². The summed E-state index contributed by atoms with van der Waals surface area (Å²) >= 11 is 14.9. The molecule has 4 rings (SSSR count). The van der Waals surface area contributed by atoms with Crippen molar-refractivity contribution in [3.63, 3.8) is 0 Å². The molecule has 0 unspecified atom stereocenters. The van der Waals surface area contributed by atoms with E-state index in [2.05, 4.69) is 36.4 Å². The highest BCUT2D eigenvalue weighted by molar-refractivity contribution is 9.10. The molecule has 1 fully saturated rings. The van der Waals surface area contributed by atoms with Crippen LogP contribution in [-0.2, 0) is 24.1 Å². The van der Waals surface area contributed by atoms with Crippen LogP contribution in [0.5, 0.6) is 0 Å². The lowest BCUT2D eigenvalue weighted by Crippen LogP contribution is -2.22. The highest BCUT2D eigenvalue weighted by Gasteiger charge is 2.42. The third-order valence-electron chi connectivity index (χ3n) is 4.57. The van der Waals surface area contributed by atoms with E-state index in [1.54, 1.807) is 18.2 Å². The van der Waals surface area contributed by atoms with Crippen LogP contribution in [0.1, 0.15) is 35.7 Å². The minimum Gasteiger partial charge on any atom is -0.292 e. The van der Waals surface area contributed by atoms with Crippen molar-refractivity contribution in [2.24, 2.45) is 0 Å². The van der Waals surface area contributed by atoms with Crippen LogP contribution in [0.4, 0.5) is 19.1 Å². The molecule has 1 aliphatic rings. The standard InChI is InChI=1S/C18H14BrCl2F3N6O/c19-14-15(10-2-3-10)30(27-16(14)18(22,23)24)7-13(31)26-17-25-8-29(28-17)6-9-1-4-11(20)12(21)5-9/h1,4-5,8,10H,2-3,6-7H2,(H,26,28,31). The molecule has 7 nitrogen and oxygen atoms in total. The Bertz CT molecular complexity index is 1140. The van der Waals surface area contributed by atoms with Gasteiger partial charge in [-0.05, 0) is 46.5 Å². The second-order valence-electron chi connectivity index (χ2n) is 7.04. The first-order valence-electron chi connectivity index (χ1n) is 9.08. The highest BCUT2D eigenvalue weighted by Crippen LogP contribution is 2.46. The van der Waals surface area contributed by atoms with Crippen molar-refractivity contribution in [1.82, 2.24) is 24.5 Å². The fraction of sp³-hybridized carbons (Fsp3) is 0.333. The van der Waals surface area contributed by atoms with Crippen molar-refractivity contribution in [1.29, 1.82) is 0 Å². The van der Waals surface area contributed by atoms with Crippen LogP contribution in [-0.4, -0.2) is 30.5 Å². The molecule has 0 radical (unpaired) electrons. The van der Waals surface area contributed by atoms with Crippen LogP contribution < -0.4 is 5.32 Å². The maximum Gasteiger partial charge on any atom is 0.436 e. The van der Waals surface area contributed by atoms with E-state index in [1.807, 2.05) is 0 Å². The van der Waals surface area contributed by atoms with Gasteiger partial charge >= 0.3 is 6.18 Å². The molecular weight excluding hydrogens is 524 g/mol. The highest BCUT2D eigenvalue weighted by atomic mass is 79.9. The first-order chi connectivity index (χ1) is 14.6. The van der Waals surface area contributed by atoms with Crippen molar-refractivity contribution in [3.05, 3.63) is 56.0 Å². The first kappa shape index (κ1) is 22.1. The number of halogens is 6. The summed E-state index contributed by atoms with van der Waals surface area (Å²) in [4.78, 5) is 16.4. The maximum absolute atomic E-state index is 13.2. The van der Waals surface area contributed by atoms with Crippen LogP contribution in [0, 0.1) is 0 Å². The fourth-order valence-corrected chi connectivity index (χ4v) is 4.21. The number of benzene rings is 1. The van der Waals surface area contributed by atoms with Gasteiger partial charge < -0.3 is 0 Å². The van der Waals surface area contributed by atoms with Crippen LogP contribution >= 0.6 is 39.1 Å². The molecule has 0 spiro atoms. The van der Waals surface area contributed by atoms with Crippen molar-refractivity contribution >= 4 is 51.0 Å². The maximum atomic E-state index is 13.2. The van der Waals surface area contributed by atoms with E-state index in [0.717, 1.165) is 23.1 Å². The second kappa shape index (κ2) is 8.44. The zero-order valence-corrected chi connectivity index (χ0v) is 18.7. The van der Waals surface area contributed by atoms with Crippen molar-refractivity contribution < 1.29 is 18.0 Å². The average Bonchev–Trinajstić information content (AvgIpc) is 3.32. The molecule has 164 valence electrons. The monoisotopic (exact) mass is 536 g/mol. The van der Waals surface area contributed by atoms with Gasteiger partial charge in [-0.1, -0.05) is 29.3 Å². The largest absolute Gasteiger partial charge is 0.436 e. The van der Waals surface area contributed by atoms with Crippen molar-refractivity contribution in [2.75, 3.05) is 5.32 Å². The zero-order valence-electron chi connectivity index (χ0n) is 15.6. The Morgan fingerprint density at radius 2 is 1.97 bits per heavy atom. The number of nitrogens with one attached hydrogen (secondary N) is 1. The van der Waals surface area contributed by atoms with Gasteiger partial charge in [-0.3, -0.25) is 14.8 Å². The molecule has 31 heavy (non-hydrogen) atoms. The molecule has 0 saturated heterocycles. The van der Waals surface area contributed by atoms with Gasteiger partial charge in [0.2, 0.25) is 11.9 Å². The summed E-state index contributed by atoms with van der Waals surface area (Å²) in [5.41, 5.74) is 0.166. The lowest BCUT2D eigenvalue weighted by atomic mass is 10.2. The van der Waals surface area contributed by atoms with Gasteiger partial charge in [0, 0.05) is 5.92 Å². The second-order valence-corrected chi connectivity index (χ2v) is 8.65. The summed E-state index contributed by atoms with van der Waals surface area (Å²) < 4.78 is 42.0. The summed E-state index contributed by atoms with van der Waals surface area (Å²) in [6.07, 6.45) is -1.69. The van der Waals surface area contributed by atoms with Crippen molar-refractivity contribution in [3.8, 4) is 0 Å². The normalized spacial score (nSPS) is 14.1. The van der Waals surface area contributed by atoms with Gasteiger partial charge in [-0.2, -0.15) is 18.3 Å². The Balaban J connectivity index is 1.44. The predicted molar refractivity (Wildman–Crippen MR) is 111 cm³/mol. The van der Waals surface area contributed by atoms with Crippen LogP contribution in [0.15, 0.2) is 29.0 Å². The van der Waals surface area contributed by atoms with Gasteiger partial charge in [0.25, 0.3) is 0 Å². The lowest BCUT2D eigenvalue weighted by Gasteiger charge is -2.06. The Hall–Kier alpha value is -2.11. The Kier molecular flexibility index (Phi) is 6.01. The number of nitrogens with zero attached hydrogens (tertiary/aromatic N) is 5. The van der Waals surface area contributed by atoms with Gasteiger partial charge in [-0.15, -0.1) is 5.10 Å². The molecule has 3 aromatic rings. The molecule has 0 aliphatic heterocycles. The molecule has 1 aromatic carbocycles. The molecule has 13 heteroatoms. The van der Waals surface area contributed by atoms with E-state index in [0.29, 0.717) is 22.3 Å². The summed E-state index contributed by atoms with van der Waals surface area (Å²) in [5.74, 6) is -0.604. The Labute approximate surface area is 192 Å². The van der Waals surface area contributed by atoms with E-state index < -0.39 is 17.8 Å². The summed E-state index contributed by atoms with van der Waals surface area (Å²) in [5, 5.41) is 11.1. The number of amides is 1. The van der Waals surface area contributed by atoms with Crippen molar-refractivity contribution in [2.45, 2.75) is 38.0 Å². The first-order valence-corrected chi connectivity index (χ1v) is 10.6. The summed E-state index contributed by atoms with van der Waals surface area (Å²) in [6, 6.07) is 5.13. The minimum atomic E-state index is -4.62. The predicted octanol–water partition coefficient (Wildman–Crippen LogP) is 5.13. The molecule has 2 aromatic heterocycles. The number of hydrogen-bond acceptors (Lipinski definition) is 4. The summed E-state index contributed by atoms with van der Waals surface area (Å²) in [7, 11) is 0. The minimum absolute atomic E-state index is 0.0281. The van der Waals surface area contributed by atoms with E-state index in [-0.39, 0.29) is 22.9 Å². The lowest BCUT2D eigenvalue weighted by molar-refractivity contribution is -0.142. The molecule has 1 saturated carbocycles. The Morgan fingerprint density at radius 1 is 1.23 bits per heavy atom. The van der Waals surface area contributed by atoms with Gasteiger partial charge in [-0.25, -0.2) is 9.67 Å².